The topological polar surface area (TPSA) is 78.5 Å². The first-order valence-corrected chi connectivity index (χ1v) is 7.49. The molecule has 6 heteroatoms. The van der Waals surface area contributed by atoms with Gasteiger partial charge in [0.05, 0.1) is 6.54 Å². The van der Waals surface area contributed by atoms with Gasteiger partial charge in [0.1, 0.15) is 5.54 Å². The first-order chi connectivity index (χ1) is 9.57. The number of unbranched alkanes of at least 4 members (excludes halogenated alkanes) is 3. The second-order valence-electron chi connectivity index (χ2n) is 5.72. The predicted octanol–water partition coefficient (Wildman–Crippen LogP) is 1.16. The van der Waals surface area contributed by atoms with Crippen LogP contribution in [0.5, 0.6) is 0 Å². The Kier molecular flexibility index (Phi) is 4.62. The highest BCUT2D eigenvalue weighted by atomic mass is 16.2. The van der Waals surface area contributed by atoms with Crippen LogP contribution in [0, 0.1) is 0 Å². The molecule has 1 atom stereocenters. The van der Waals surface area contributed by atoms with Crippen LogP contribution in [0.25, 0.3) is 0 Å². The summed E-state index contributed by atoms with van der Waals surface area (Å²) in [6, 6.07) is -0.452. The molecule has 0 bridgehead atoms. The summed E-state index contributed by atoms with van der Waals surface area (Å²) in [5.41, 5.74) is -0.894. The number of carbonyl (C=O) groups excluding carboxylic acids is 3. The number of carbonyl (C=O) groups is 3. The fourth-order valence-electron chi connectivity index (χ4n) is 2.95. The molecule has 0 aromatic carbocycles. The lowest BCUT2D eigenvalue weighted by Crippen LogP contribution is -2.59. The lowest BCUT2D eigenvalue weighted by Gasteiger charge is -2.38. The van der Waals surface area contributed by atoms with Crippen LogP contribution in [0.1, 0.15) is 51.9 Å². The maximum atomic E-state index is 12.2. The van der Waals surface area contributed by atoms with Crippen LogP contribution in [0.2, 0.25) is 0 Å². The average Bonchev–Trinajstić information content (AvgIpc) is 2.68. The van der Waals surface area contributed by atoms with Gasteiger partial charge in [-0.3, -0.25) is 14.9 Å². The van der Waals surface area contributed by atoms with Crippen LogP contribution in [-0.2, 0) is 9.59 Å². The second kappa shape index (κ2) is 6.24. The zero-order valence-corrected chi connectivity index (χ0v) is 12.0. The van der Waals surface area contributed by atoms with Crippen molar-refractivity contribution in [1.82, 2.24) is 15.5 Å². The van der Waals surface area contributed by atoms with Crippen LogP contribution in [0.15, 0.2) is 0 Å². The van der Waals surface area contributed by atoms with Crippen molar-refractivity contribution in [1.29, 1.82) is 0 Å². The molecule has 112 valence electrons. The summed E-state index contributed by atoms with van der Waals surface area (Å²) < 4.78 is 0. The van der Waals surface area contributed by atoms with E-state index < -0.39 is 11.6 Å². The minimum absolute atomic E-state index is 0.0918. The number of urea groups is 1. The highest BCUT2D eigenvalue weighted by Crippen LogP contribution is 2.25. The third-order valence-corrected chi connectivity index (χ3v) is 4.10. The van der Waals surface area contributed by atoms with Gasteiger partial charge in [0.2, 0.25) is 5.91 Å². The fourth-order valence-corrected chi connectivity index (χ4v) is 2.95. The van der Waals surface area contributed by atoms with Gasteiger partial charge in [-0.25, -0.2) is 4.79 Å². The van der Waals surface area contributed by atoms with Crippen molar-refractivity contribution in [2.45, 2.75) is 57.4 Å². The second-order valence-corrected chi connectivity index (χ2v) is 5.72. The van der Waals surface area contributed by atoms with Gasteiger partial charge in [0.25, 0.3) is 5.91 Å². The summed E-state index contributed by atoms with van der Waals surface area (Å²) in [4.78, 5) is 37.1. The van der Waals surface area contributed by atoms with Gasteiger partial charge in [-0.15, -0.1) is 0 Å². The van der Waals surface area contributed by atoms with Crippen molar-refractivity contribution >= 4 is 17.8 Å². The molecule has 0 aliphatic carbocycles. The zero-order valence-electron chi connectivity index (χ0n) is 12.0. The minimum Gasteiger partial charge on any atom is -0.340 e. The van der Waals surface area contributed by atoms with E-state index in [4.69, 9.17) is 0 Å². The number of nitrogens with zero attached hydrogens (tertiary/aromatic N) is 1. The summed E-state index contributed by atoms with van der Waals surface area (Å²) in [6.07, 6.45) is 6.14. The Balaban J connectivity index is 1.88. The third-order valence-electron chi connectivity index (χ3n) is 4.10. The van der Waals surface area contributed by atoms with Gasteiger partial charge in [0.15, 0.2) is 0 Å². The number of rotatable bonds is 5. The molecule has 2 fully saturated rings. The van der Waals surface area contributed by atoms with E-state index in [-0.39, 0.29) is 11.8 Å². The summed E-state index contributed by atoms with van der Waals surface area (Å²) in [6.45, 7) is 3.12. The molecule has 2 aliphatic rings. The Hall–Kier alpha value is -1.59. The van der Waals surface area contributed by atoms with Gasteiger partial charge >= 0.3 is 6.03 Å². The van der Waals surface area contributed by atoms with E-state index in [0.717, 1.165) is 32.1 Å². The van der Waals surface area contributed by atoms with E-state index in [2.05, 4.69) is 17.6 Å². The van der Waals surface area contributed by atoms with Crippen molar-refractivity contribution in [2.24, 2.45) is 0 Å². The van der Waals surface area contributed by atoms with E-state index in [1.807, 2.05) is 0 Å². The van der Waals surface area contributed by atoms with Crippen molar-refractivity contribution in [3.05, 3.63) is 0 Å². The molecule has 0 saturated carbocycles. The number of imide groups is 1. The molecule has 0 radical (unpaired) electrons. The summed E-state index contributed by atoms with van der Waals surface area (Å²) in [5.74, 6) is -0.208. The molecule has 2 rings (SSSR count). The first kappa shape index (κ1) is 14.8. The van der Waals surface area contributed by atoms with Gasteiger partial charge in [-0.1, -0.05) is 26.2 Å². The van der Waals surface area contributed by atoms with Gasteiger partial charge in [-0.2, -0.15) is 0 Å². The average molecular weight is 281 g/mol. The summed E-state index contributed by atoms with van der Waals surface area (Å²) >= 11 is 0. The smallest absolute Gasteiger partial charge is 0.322 e. The van der Waals surface area contributed by atoms with Crippen molar-refractivity contribution in [3.63, 3.8) is 0 Å². The van der Waals surface area contributed by atoms with Gasteiger partial charge in [0, 0.05) is 13.0 Å². The Morgan fingerprint density at radius 2 is 2.10 bits per heavy atom. The Morgan fingerprint density at radius 3 is 2.75 bits per heavy atom. The maximum absolute atomic E-state index is 12.2. The molecule has 1 spiro atoms. The van der Waals surface area contributed by atoms with Crippen LogP contribution in [-0.4, -0.2) is 41.4 Å². The van der Waals surface area contributed by atoms with E-state index in [1.165, 1.54) is 0 Å². The SMILES string of the molecule is CCCCCCC(=O)N1CCCC2(C1)NC(=O)NC2=O. The Morgan fingerprint density at radius 1 is 1.30 bits per heavy atom. The number of hydrogen-bond acceptors (Lipinski definition) is 3. The highest BCUT2D eigenvalue weighted by Gasteiger charge is 2.49. The molecule has 0 aromatic rings. The molecule has 2 saturated heterocycles. The minimum atomic E-state index is -0.894. The maximum Gasteiger partial charge on any atom is 0.322 e. The Bertz CT molecular complexity index is 410. The lowest BCUT2D eigenvalue weighted by molar-refractivity contribution is -0.136. The number of nitrogens with one attached hydrogen (secondary N) is 2. The van der Waals surface area contributed by atoms with Crippen LogP contribution in [0.4, 0.5) is 4.79 Å². The number of hydrogen-bond donors (Lipinski definition) is 2. The van der Waals surface area contributed by atoms with Crippen LogP contribution in [0.3, 0.4) is 0 Å². The van der Waals surface area contributed by atoms with E-state index >= 15 is 0 Å². The molecule has 2 N–H and O–H groups in total. The summed E-state index contributed by atoms with van der Waals surface area (Å²) in [5, 5.41) is 4.96. The Labute approximate surface area is 119 Å². The monoisotopic (exact) mass is 281 g/mol. The van der Waals surface area contributed by atoms with Crippen LogP contribution >= 0.6 is 0 Å². The van der Waals surface area contributed by atoms with Gasteiger partial charge < -0.3 is 10.2 Å². The summed E-state index contributed by atoms with van der Waals surface area (Å²) in [7, 11) is 0. The molecule has 20 heavy (non-hydrogen) atoms. The van der Waals surface area contributed by atoms with E-state index in [1.54, 1.807) is 4.90 Å². The molecule has 0 aromatic heterocycles. The third kappa shape index (κ3) is 3.11. The molecular weight excluding hydrogens is 258 g/mol. The van der Waals surface area contributed by atoms with Crippen LogP contribution < -0.4 is 10.6 Å². The van der Waals surface area contributed by atoms with E-state index in [9.17, 15) is 14.4 Å². The first-order valence-electron chi connectivity index (χ1n) is 7.49. The molecule has 6 nitrogen and oxygen atoms in total. The molecule has 2 heterocycles. The quantitative estimate of drug-likeness (QED) is 0.586. The van der Waals surface area contributed by atoms with Crippen molar-refractivity contribution in [3.8, 4) is 0 Å². The fraction of sp³-hybridized carbons (Fsp3) is 0.786. The lowest BCUT2D eigenvalue weighted by atomic mass is 9.89. The standard InChI is InChI=1S/C14H23N3O3/c1-2-3-4-5-7-11(18)17-9-6-8-14(10-17)12(19)15-13(20)16-14/h2-10H2,1H3,(H2,15,16,19,20). The van der Waals surface area contributed by atoms with Crippen molar-refractivity contribution in [2.75, 3.05) is 13.1 Å². The number of piperidine rings is 1. The molecule has 2 aliphatic heterocycles. The zero-order chi connectivity index (χ0) is 14.6. The van der Waals surface area contributed by atoms with E-state index in [0.29, 0.717) is 25.9 Å². The molecular formula is C14H23N3O3. The normalized spacial score (nSPS) is 25.8. The largest absolute Gasteiger partial charge is 0.340 e. The number of amides is 4. The van der Waals surface area contributed by atoms with Gasteiger partial charge in [-0.05, 0) is 19.3 Å². The van der Waals surface area contributed by atoms with Crippen molar-refractivity contribution < 1.29 is 14.4 Å². The molecule has 1 unspecified atom stereocenters. The molecule has 4 amide bonds. The number of likely N-dealkylation sites (tertiary alicyclic amines) is 1. The predicted molar refractivity (Wildman–Crippen MR) is 74.0 cm³/mol. The highest BCUT2D eigenvalue weighted by molar-refractivity contribution is 6.07.